The Morgan fingerprint density at radius 3 is 2.70 bits per heavy atom. The average molecular weight is 394 g/mol. The lowest BCUT2D eigenvalue weighted by Crippen LogP contribution is -2.43. The smallest absolute Gasteiger partial charge is 0.266 e. The summed E-state index contributed by atoms with van der Waals surface area (Å²) in [7, 11) is 0. The summed E-state index contributed by atoms with van der Waals surface area (Å²) in [4.78, 5) is 14.9. The first-order chi connectivity index (χ1) is 12.8. The molecule has 0 aliphatic carbocycles. The van der Waals surface area contributed by atoms with Crippen LogP contribution in [0, 0.1) is 19.7 Å². The largest absolute Gasteiger partial charge is 0.321 e. The van der Waals surface area contributed by atoms with Gasteiger partial charge in [-0.15, -0.1) is 0 Å². The molecule has 2 heterocycles. The zero-order valence-electron chi connectivity index (χ0n) is 15.4. The topological polar surface area (TPSA) is 68.5 Å². The second-order valence-corrected chi connectivity index (χ2v) is 7.16. The molecule has 0 spiro atoms. The summed E-state index contributed by atoms with van der Waals surface area (Å²) >= 11 is 6.25. The number of nitrogens with zero attached hydrogens (tertiary/aromatic N) is 2. The summed E-state index contributed by atoms with van der Waals surface area (Å²) in [5, 5.41) is 16.3. The standard InChI is InChI=1S/C19H22ClFN4O2/c1-12-14(10-24-5-3-22-4-6-24)7-16(20)9-18(12)23-19(26)15-8-17(21)13(2)25(27)11-15/h7-9,11,22H,3-6,10H2,1-2H3,(H-,23,26,27)/p+1. The SMILES string of the molecule is Cc1c(CN2CCNCC2)cc(Cl)cc1NC(=O)c1cc(F)c(C)[n+](O)c1. The van der Waals surface area contributed by atoms with Crippen molar-refractivity contribution in [2.45, 2.75) is 20.4 Å². The van der Waals surface area contributed by atoms with Gasteiger partial charge in [-0.2, -0.15) is 4.39 Å². The Morgan fingerprint density at radius 2 is 2.04 bits per heavy atom. The molecule has 2 aromatic rings. The number of piperazine rings is 1. The summed E-state index contributed by atoms with van der Waals surface area (Å²) in [6, 6.07) is 4.67. The van der Waals surface area contributed by atoms with Crippen molar-refractivity contribution in [1.82, 2.24) is 10.2 Å². The van der Waals surface area contributed by atoms with E-state index in [2.05, 4.69) is 15.5 Å². The molecule has 1 aromatic heterocycles. The second-order valence-electron chi connectivity index (χ2n) is 6.72. The van der Waals surface area contributed by atoms with E-state index in [9.17, 15) is 14.4 Å². The Bertz CT molecular complexity index is 846. The van der Waals surface area contributed by atoms with Gasteiger partial charge in [-0.1, -0.05) is 11.6 Å². The minimum atomic E-state index is -0.660. The van der Waals surface area contributed by atoms with E-state index >= 15 is 0 Å². The van der Waals surface area contributed by atoms with Crippen molar-refractivity contribution < 1.29 is 19.1 Å². The van der Waals surface area contributed by atoms with Crippen LogP contribution in [0.2, 0.25) is 5.02 Å². The highest BCUT2D eigenvalue weighted by Crippen LogP contribution is 2.26. The van der Waals surface area contributed by atoms with E-state index in [1.165, 1.54) is 13.1 Å². The maximum absolute atomic E-state index is 13.8. The van der Waals surface area contributed by atoms with Gasteiger partial charge in [0.25, 0.3) is 11.6 Å². The molecule has 0 radical (unpaired) electrons. The molecule has 8 heteroatoms. The van der Waals surface area contributed by atoms with E-state index in [1.807, 2.05) is 13.0 Å². The van der Waals surface area contributed by atoms with Crippen molar-refractivity contribution in [1.29, 1.82) is 0 Å². The van der Waals surface area contributed by atoms with Crippen LogP contribution in [-0.4, -0.2) is 42.2 Å². The highest BCUT2D eigenvalue weighted by atomic mass is 35.5. The monoisotopic (exact) mass is 393 g/mol. The first-order valence-corrected chi connectivity index (χ1v) is 9.17. The molecule has 27 heavy (non-hydrogen) atoms. The summed E-state index contributed by atoms with van der Waals surface area (Å²) in [6.07, 6.45) is 1.18. The van der Waals surface area contributed by atoms with Crippen LogP contribution in [0.4, 0.5) is 10.1 Å². The predicted octanol–water partition coefficient (Wildman–Crippen LogP) is 2.28. The fraction of sp³-hybridized carbons (Fsp3) is 0.368. The number of nitrogens with one attached hydrogen (secondary N) is 2. The zero-order valence-corrected chi connectivity index (χ0v) is 16.1. The first-order valence-electron chi connectivity index (χ1n) is 8.79. The van der Waals surface area contributed by atoms with Gasteiger partial charge in [0.2, 0.25) is 6.20 Å². The molecule has 0 unspecified atom stereocenters. The van der Waals surface area contributed by atoms with E-state index in [0.717, 1.165) is 49.9 Å². The number of carbonyl (C=O) groups excluding carboxylic acids is 1. The Balaban J connectivity index is 1.83. The molecule has 0 saturated carbocycles. The maximum Gasteiger partial charge on any atom is 0.266 e. The molecule has 6 nitrogen and oxygen atoms in total. The Labute approximate surface area is 162 Å². The lowest BCUT2D eigenvalue weighted by molar-refractivity contribution is -0.909. The number of pyridine rings is 1. The molecule has 1 amide bonds. The Hall–Kier alpha value is -2.22. The van der Waals surface area contributed by atoms with Gasteiger partial charge in [-0.25, -0.2) is 0 Å². The fourth-order valence-corrected chi connectivity index (χ4v) is 3.32. The Kier molecular flexibility index (Phi) is 5.94. The fourth-order valence-electron chi connectivity index (χ4n) is 3.07. The van der Waals surface area contributed by atoms with Crippen molar-refractivity contribution in [3.63, 3.8) is 0 Å². The molecule has 1 aliphatic heterocycles. The quantitative estimate of drug-likeness (QED) is 0.550. The van der Waals surface area contributed by atoms with Gasteiger partial charge in [-0.05, 0) is 36.2 Å². The molecular formula is C19H23ClFN4O2+. The van der Waals surface area contributed by atoms with Gasteiger partial charge in [0.05, 0.1) is 0 Å². The molecule has 1 fully saturated rings. The molecule has 144 valence electrons. The highest BCUT2D eigenvalue weighted by molar-refractivity contribution is 6.31. The molecule has 0 atom stereocenters. The summed E-state index contributed by atoms with van der Waals surface area (Å²) in [5.41, 5.74) is 2.57. The molecule has 0 bridgehead atoms. The van der Waals surface area contributed by atoms with Gasteiger partial charge in [0.15, 0.2) is 5.82 Å². The summed E-state index contributed by atoms with van der Waals surface area (Å²) in [6.45, 7) is 7.88. The van der Waals surface area contributed by atoms with Crippen LogP contribution in [0.1, 0.15) is 27.2 Å². The van der Waals surface area contributed by atoms with Crippen LogP contribution >= 0.6 is 11.6 Å². The van der Waals surface area contributed by atoms with E-state index in [-0.39, 0.29) is 11.3 Å². The number of carbonyl (C=O) groups is 1. The third-order valence-electron chi connectivity index (χ3n) is 4.83. The minimum absolute atomic E-state index is 0.0173. The molecule has 3 N–H and O–H groups in total. The third-order valence-corrected chi connectivity index (χ3v) is 5.05. The van der Waals surface area contributed by atoms with Gasteiger partial charge >= 0.3 is 0 Å². The minimum Gasteiger partial charge on any atom is -0.321 e. The first kappa shape index (κ1) is 19.5. The summed E-state index contributed by atoms with van der Waals surface area (Å²) < 4.78 is 14.4. The van der Waals surface area contributed by atoms with Crippen molar-refractivity contribution in [2.75, 3.05) is 31.5 Å². The van der Waals surface area contributed by atoms with E-state index in [0.29, 0.717) is 15.4 Å². The number of hydrogen-bond acceptors (Lipinski definition) is 4. The zero-order chi connectivity index (χ0) is 19.6. The number of aromatic nitrogens is 1. The predicted molar refractivity (Wildman–Crippen MR) is 101 cm³/mol. The number of amides is 1. The maximum atomic E-state index is 13.8. The second kappa shape index (κ2) is 8.21. The molecule has 1 saturated heterocycles. The molecule has 1 aromatic carbocycles. The Morgan fingerprint density at radius 1 is 1.33 bits per heavy atom. The summed E-state index contributed by atoms with van der Waals surface area (Å²) in [5.74, 6) is -1.18. The number of benzene rings is 1. The average Bonchev–Trinajstić information content (AvgIpc) is 2.64. The van der Waals surface area contributed by atoms with Crippen LogP contribution in [0.25, 0.3) is 0 Å². The van der Waals surface area contributed by atoms with Gasteiger partial charge < -0.3 is 10.6 Å². The van der Waals surface area contributed by atoms with Crippen molar-refractivity contribution in [3.05, 3.63) is 57.6 Å². The number of anilines is 1. The van der Waals surface area contributed by atoms with E-state index in [4.69, 9.17) is 11.6 Å². The number of hydrogen-bond donors (Lipinski definition) is 3. The lowest BCUT2D eigenvalue weighted by Gasteiger charge is -2.28. The number of halogens is 2. The normalized spacial score (nSPS) is 15.0. The van der Waals surface area contributed by atoms with Gasteiger partial charge in [0, 0.05) is 55.1 Å². The van der Waals surface area contributed by atoms with Crippen LogP contribution in [0.15, 0.2) is 24.4 Å². The van der Waals surface area contributed by atoms with Crippen LogP contribution in [-0.2, 0) is 6.54 Å². The van der Waals surface area contributed by atoms with E-state index < -0.39 is 11.7 Å². The molecule has 1 aliphatic rings. The molecule has 3 rings (SSSR count). The van der Waals surface area contributed by atoms with Crippen LogP contribution in [0.5, 0.6) is 0 Å². The third kappa shape index (κ3) is 4.55. The van der Waals surface area contributed by atoms with Crippen LogP contribution in [0.3, 0.4) is 0 Å². The number of rotatable bonds is 4. The highest BCUT2D eigenvalue weighted by Gasteiger charge is 2.20. The van der Waals surface area contributed by atoms with Crippen molar-refractivity contribution >= 4 is 23.2 Å². The van der Waals surface area contributed by atoms with E-state index in [1.54, 1.807) is 6.07 Å². The molecular weight excluding hydrogens is 371 g/mol. The van der Waals surface area contributed by atoms with Crippen molar-refractivity contribution in [2.24, 2.45) is 0 Å². The van der Waals surface area contributed by atoms with Gasteiger partial charge in [0.1, 0.15) is 5.56 Å². The van der Waals surface area contributed by atoms with Crippen molar-refractivity contribution in [3.8, 4) is 0 Å². The van der Waals surface area contributed by atoms with Crippen LogP contribution < -0.4 is 15.4 Å². The van der Waals surface area contributed by atoms with Gasteiger partial charge in [-0.3, -0.25) is 14.9 Å². The lowest BCUT2D eigenvalue weighted by atomic mass is 10.1.